The molecule has 0 amide bonds. The minimum Gasteiger partial charge on any atom is -0.497 e. The summed E-state index contributed by atoms with van der Waals surface area (Å²) >= 11 is 0. The fourth-order valence-corrected chi connectivity index (χ4v) is 2.86. The zero-order valence-electron chi connectivity index (χ0n) is 14.1. The lowest BCUT2D eigenvalue weighted by Crippen LogP contribution is -2.18. The fraction of sp³-hybridized carbons (Fsp3) is 0.316. The average molecular weight is 310 g/mol. The number of rotatable bonds is 5. The van der Waals surface area contributed by atoms with Crippen LogP contribution in [-0.2, 0) is 13.1 Å². The van der Waals surface area contributed by atoms with Crippen LogP contribution in [0.25, 0.3) is 10.8 Å². The molecule has 0 radical (unpaired) electrons. The van der Waals surface area contributed by atoms with Gasteiger partial charge in [-0.3, -0.25) is 4.90 Å². The van der Waals surface area contributed by atoms with E-state index in [1.54, 1.807) is 7.11 Å². The first kappa shape index (κ1) is 15.6. The van der Waals surface area contributed by atoms with Crippen LogP contribution >= 0.6 is 0 Å². The van der Waals surface area contributed by atoms with Crippen molar-refractivity contribution in [2.24, 2.45) is 0 Å². The summed E-state index contributed by atoms with van der Waals surface area (Å²) in [7, 11) is 3.81. The van der Waals surface area contributed by atoms with Crippen LogP contribution < -0.4 is 4.74 Å². The van der Waals surface area contributed by atoms with E-state index in [0.717, 1.165) is 30.3 Å². The van der Waals surface area contributed by atoms with Crippen LogP contribution in [0, 0.1) is 13.8 Å². The van der Waals surface area contributed by atoms with E-state index in [1.807, 2.05) is 19.9 Å². The van der Waals surface area contributed by atoms with E-state index in [9.17, 15) is 0 Å². The summed E-state index contributed by atoms with van der Waals surface area (Å²) in [5.74, 6) is 1.79. The van der Waals surface area contributed by atoms with Crippen molar-refractivity contribution in [1.29, 1.82) is 0 Å². The van der Waals surface area contributed by atoms with Crippen molar-refractivity contribution in [3.63, 3.8) is 0 Å². The summed E-state index contributed by atoms with van der Waals surface area (Å²) in [4.78, 5) is 2.28. The zero-order valence-corrected chi connectivity index (χ0v) is 14.1. The second-order valence-corrected chi connectivity index (χ2v) is 6.02. The van der Waals surface area contributed by atoms with Crippen LogP contribution in [0.1, 0.15) is 22.6 Å². The molecule has 4 heteroatoms. The van der Waals surface area contributed by atoms with Gasteiger partial charge in [-0.15, -0.1) is 0 Å². The van der Waals surface area contributed by atoms with Crippen molar-refractivity contribution in [2.45, 2.75) is 26.9 Å². The van der Waals surface area contributed by atoms with Gasteiger partial charge in [-0.1, -0.05) is 23.4 Å². The van der Waals surface area contributed by atoms with Gasteiger partial charge in [0.1, 0.15) is 11.5 Å². The number of aromatic nitrogens is 1. The largest absolute Gasteiger partial charge is 0.497 e. The second-order valence-electron chi connectivity index (χ2n) is 6.02. The number of benzene rings is 2. The molecule has 0 unspecified atom stereocenters. The lowest BCUT2D eigenvalue weighted by atomic mass is 10.1. The molecule has 0 spiro atoms. The molecule has 120 valence electrons. The number of fused-ring (bicyclic) bond motifs is 1. The lowest BCUT2D eigenvalue weighted by Gasteiger charge is -2.17. The number of hydrogen-bond acceptors (Lipinski definition) is 4. The number of nitrogens with zero attached hydrogens (tertiary/aromatic N) is 2. The summed E-state index contributed by atoms with van der Waals surface area (Å²) in [5.41, 5.74) is 3.44. The zero-order chi connectivity index (χ0) is 16.4. The average Bonchev–Trinajstić information content (AvgIpc) is 2.86. The monoisotopic (exact) mass is 310 g/mol. The van der Waals surface area contributed by atoms with Gasteiger partial charge >= 0.3 is 0 Å². The summed E-state index contributed by atoms with van der Waals surface area (Å²) < 4.78 is 10.5. The van der Waals surface area contributed by atoms with E-state index in [0.29, 0.717) is 0 Å². The van der Waals surface area contributed by atoms with E-state index < -0.39 is 0 Å². The van der Waals surface area contributed by atoms with Gasteiger partial charge in [0, 0.05) is 18.7 Å². The molecule has 0 N–H and O–H groups in total. The molecule has 1 heterocycles. The predicted molar refractivity (Wildman–Crippen MR) is 91.6 cm³/mol. The molecule has 3 rings (SSSR count). The molecule has 2 aromatic carbocycles. The maximum atomic E-state index is 5.28. The Morgan fingerprint density at radius 2 is 1.78 bits per heavy atom. The normalized spacial score (nSPS) is 11.3. The molecule has 4 nitrogen and oxygen atoms in total. The highest BCUT2D eigenvalue weighted by atomic mass is 16.5. The number of hydrogen-bond donors (Lipinski definition) is 0. The van der Waals surface area contributed by atoms with Crippen molar-refractivity contribution < 1.29 is 9.26 Å². The van der Waals surface area contributed by atoms with Gasteiger partial charge < -0.3 is 9.26 Å². The SMILES string of the molecule is COc1ccc2cc(CN(C)Cc3c(C)noc3C)ccc2c1. The molecular weight excluding hydrogens is 288 g/mol. The molecule has 0 bridgehead atoms. The topological polar surface area (TPSA) is 38.5 Å². The summed E-state index contributed by atoms with van der Waals surface area (Å²) in [5, 5.41) is 6.45. The maximum Gasteiger partial charge on any atom is 0.138 e. The third kappa shape index (κ3) is 3.37. The molecule has 0 saturated heterocycles. The molecule has 0 fully saturated rings. The molecule has 3 aromatic rings. The minimum atomic E-state index is 0.835. The first-order valence-corrected chi connectivity index (χ1v) is 7.74. The van der Waals surface area contributed by atoms with Crippen LogP contribution in [0.4, 0.5) is 0 Å². The van der Waals surface area contributed by atoms with E-state index in [-0.39, 0.29) is 0 Å². The number of ether oxygens (including phenoxy) is 1. The smallest absolute Gasteiger partial charge is 0.138 e. The highest BCUT2D eigenvalue weighted by Gasteiger charge is 2.11. The third-order valence-electron chi connectivity index (χ3n) is 4.17. The van der Waals surface area contributed by atoms with Crippen LogP contribution in [0.2, 0.25) is 0 Å². The molecule has 0 atom stereocenters. The highest BCUT2D eigenvalue weighted by Crippen LogP contribution is 2.23. The molecule has 23 heavy (non-hydrogen) atoms. The quantitative estimate of drug-likeness (QED) is 0.711. The van der Waals surface area contributed by atoms with Crippen molar-refractivity contribution in [1.82, 2.24) is 10.1 Å². The van der Waals surface area contributed by atoms with Crippen LogP contribution in [0.5, 0.6) is 5.75 Å². The first-order valence-electron chi connectivity index (χ1n) is 7.74. The molecule has 0 aliphatic rings. The van der Waals surface area contributed by atoms with Gasteiger partial charge in [0.05, 0.1) is 12.8 Å². The van der Waals surface area contributed by atoms with Gasteiger partial charge in [0.2, 0.25) is 0 Å². The number of methoxy groups -OCH3 is 1. The molecule has 0 aliphatic carbocycles. The Hall–Kier alpha value is -2.33. The van der Waals surface area contributed by atoms with Crippen molar-refractivity contribution in [3.05, 3.63) is 59.0 Å². The van der Waals surface area contributed by atoms with Gasteiger partial charge in [0.25, 0.3) is 0 Å². The maximum absolute atomic E-state index is 5.28. The summed E-state index contributed by atoms with van der Waals surface area (Å²) in [6, 6.07) is 12.7. The summed E-state index contributed by atoms with van der Waals surface area (Å²) in [6.45, 7) is 5.67. The van der Waals surface area contributed by atoms with Crippen molar-refractivity contribution in [3.8, 4) is 5.75 Å². The van der Waals surface area contributed by atoms with Crippen molar-refractivity contribution >= 4 is 10.8 Å². The predicted octanol–water partition coefficient (Wildman–Crippen LogP) is 4.09. The van der Waals surface area contributed by atoms with Gasteiger partial charge in [-0.25, -0.2) is 0 Å². The molecule has 1 aromatic heterocycles. The number of aryl methyl sites for hydroxylation is 2. The van der Waals surface area contributed by atoms with Crippen molar-refractivity contribution in [2.75, 3.05) is 14.2 Å². The fourth-order valence-electron chi connectivity index (χ4n) is 2.86. The molecule has 0 aliphatic heterocycles. The molecular formula is C19H22N2O2. The van der Waals surface area contributed by atoms with Crippen LogP contribution in [0.3, 0.4) is 0 Å². The standard InChI is InChI=1S/C19H22N2O2/c1-13-19(14(2)23-20-13)12-21(3)11-15-5-6-17-10-18(22-4)8-7-16(17)9-15/h5-10H,11-12H2,1-4H3. The Labute approximate surface area is 136 Å². The Bertz CT molecular complexity index is 804. The first-order chi connectivity index (χ1) is 11.1. The van der Waals surface area contributed by atoms with E-state index in [4.69, 9.17) is 9.26 Å². The second kappa shape index (κ2) is 6.42. The van der Waals surface area contributed by atoms with E-state index in [2.05, 4.69) is 47.4 Å². The Balaban J connectivity index is 1.75. The lowest BCUT2D eigenvalue weighted by molar-refractivity contribution is 0.315. The van der Waals surface area contributed by atoms with Gasteiger partial charge in [0.15, 0.2) is 0 Å². The van der Waals surface area contributed by atoms with Crippen LogP contribution in [-0.4, -0.2) is 24.2 Å². The van der Waals surface area contributed by atoms with E-state index in [1.165, 1.54) is 21.9 Å². The van der Waals surface area contributed by atoms with Crippen LogP contribution in [0.15, 0.2) is 40.9 Å². The highest BCUT2D eigenvalue weighted by molar-refractivity contribution is 5.84. The Kier molecular flexibility index (Phi) is 4.35. The summed E-state index contributed by atoms with van der Waals surface area (Å²) in [6.07, 6.45) is 0. The molecule has 0 saturated carbocycles. The Morgan fingerprint density at radius 1 is 1.04 bits per heavy atom. The van der Waals surface area contributed by atoms with E-state index >= 15 is 0 Å². The third-order valence-corrected chi connectivity index (χ3v) is 4.17. The minimum absolute atomic E-state index is 0.835. The van der Waals surface area contributed by atoms with Gasteiger partial charge in [-0.05, 0) is 55.4 Å². The Morgan fingerprint density at radius 3 is 2.48 bits per heavy atom. The van der Waals surface area contributed by atoms with Gasteiger partial charge in [-0.2, -0.15) is 0 Å².